The Labute approximate surface area is 126 Å². The number of nitrogens with one attached hydrogen (secondary N) is 1. The second-order valence-electron chi connectivity index (χ2n) is 5.20. The van der Waals surface area contributed by atoms with E-state index in [2.05, 4.69) is 24.4 Å². The Morgan fingerprint density at radius 2 is 1.86 bits per heavy atom. The summed E-state index contributed by atoms with van der Waals surface area (Å²) in [5.74, 6) is 0.282. The fourth-order valence-corrected chi connectivity index (χ4v) is 2.37. The zero-order chi connectivity index (χ0) is 15.2. The van der Waals surface area contributed by atoms with E-state index < -0.39 is 0 Å². The van der Waals surface area contributed by atoms with Crippen molar-refractivity contribution in [1.82, 2.24) is 0 Å². The first-order chi connectivity index (χ1) is 10.1. The lowest BCUT2D eigenvalue weighted by Gasteiger charge is -2.17. The highest BCUT2D eigenvalue weighted by molar-refractivity contribution is 5.47. The second kappa shape index (κ2) is 7.11. The first-order valence-electron chi connectivity index (χ1n) is 7.33. The van der Waals surface area contributed by atoms with Gasteiger partial charge in [0.1, 0.15) is 11.6 Å². The van der Waals surface area contributed by atoms with Gasteiger partial charge in [-0.05, 0) is 37.1 Å². The van der Waals surface area contributed by atoms with E-state index in [4.69, 9.17) is 4.74 Å². The lowest BCUT2D eigenvalue weighted by atomic mass is 10.1. The largest absolute Gasteiger partial charge is 0.497 e. The summed E-state index contributed by atoms with van der Waals surface area (Å²) in [4.78, 5) is 0. The number of anilines is 1. The molecule has 1 unspecified atom stereocenters. The van der Waals surface area contributed by atoms with Gasteiger partial charge in [-0.3, -0.25) is 0 Å². The van der Waals surface area contributed by atoms with Crippen LogP contribution in [0.4, 0.5) is 10.1 Å². The van der Waals surface area contributed by atoms with E-state index in [1.54, 1.807) is 12.1 Å². The summed E-state index contributed by atoms with van der Waals surface area (Å²) in [7, 11) is 1.54. The van der Waals surface area contributed by atoms with Crippen molar-refractivity contribution < 1.29 is 9.13 Å². The summed E-state index contributed by atoms with van der Waals surface area (Å²) in [5, 5.41) is 3.32. The molecular weight excluding hydrogens is 265 g/mol. The van der Waals surface area contributed by atoms with Crippen molar-refractivity contribution in [3.63, 3.8) is 0 Å². The van der Waals surface area contributed by atoms with E-state index >= 15 is 0 Å². The summed E-state index contributed by atoms with van der Waals surface area (Å²) in [6.45, 7) is 4.12. The van der Waals surface area contributed by atoms with Crippen LogP contribution in [0.5, 0.6) is 5.75 Å². The minimum Gasteiger partial charge on any atom is -0.497 e. The normalized spacial score (nSPS) is 12.0. The Morgan fingerprint density at radius 3 is 2.43 bits per heavy atom. The van der Waals surface area contributed by atoms with Crippen molar-refractivity contribution >= 4 is 5.69 Å². The lowest BCUT2D eigenvalue weighted by molar-refractivity contribution is 0.410. The molecule has 112 valence electrons. The molecule has 2 rings (SSSR count). The molecular formula is C18H22FNO. The third-order valence-corrected chi connectivity index (χ3v) is 3.55. The minimum atomic E-state index is -0.253. The van der Waals surface area contributed by atoms with E-state index in [0.29, 0.717) is 11.3 Å². The third-order valence-electron chi connectivity index (χ3n) is 3.55. The van der Waals surface area contributed by atoms with Crippen molar-refractivity contribution in [2.45, 2.75) is 32.7 Å². The summed E-state index contributed by atoms with van der Waals surface area (Å²) < 4.78 is 19.1. The molecule has 0 saturated heterocycles. The van der Waals surface area contributed by atoms with E-state index in [0.717, 1.165) is 18.5 Å². The SMILES string of the molecule is CCCc1ccc(NC(C)c2ccc(OC)cc2F)cc1. The van der Waals surface area contributed by atoms with Crippen LogP contribution in [0.2, 0.25) is 0 Å². The number of hydrogen-bond donors (Lipinski definition) is 1. The monoisotopic (exact) mass is 287 g/mol. The van der Waals surface area contributed by atoms with Crippen molar-refractivity contribution in [2.75, 3.05) is 12.4 Å². The Balaban J connectivity index is 2.08. The molecule has 2 aromatic rings. The Kier molecular flexibility index (Phi) is 5.20. The molecule has 1 atom stereocenters. The van der Waals surface area contributed by atoms with Gasteiger partial charge in [-0.15, -0.1) is 0 Å². The Hall–Kier alpha value is -2.03. The van der Waals surface area contributed by atoms with Crippen molar-refractivity contribution in [3.05, 3.63) is 59.4 Å². The van der Waals surface area contributed by atoms with E-state index in [1.807, 2.05) is 19.1 Å². The first-order valence-corrected chi connectivity index (χ1v) is 7.33. The maximum Gasteiger partial charge on any atom is 0.132 e. The van der Waals surface area contributed by atoms with Crippen LogP contribution in [0.1, 0.15) is 37.4 Å². The zero-order valence-corrected chi connectivity index (χ0v) is 12.8. The highest BCUT2D eigenvalue weighted by atomic mass is 19.1. The smallest absolute Gasteiger partial charge is 0.132 e. The maximum absolute atomic E-state index is 14.0. The van der Waals surface area contributed by atoms with Gasteiger partial charge in [0.05, 0.1) is 13.2 Å². The van der Waals surface area contributed by atoms with Crippen molar-refractivity contribution in [1.29, 1.82) is 0 Å². The number of rotatable bonds is 6. The standard InChI is InChI=1S/C18H22FNO/c1-4-5-14-6-8-15(9-7-14)20-13(2)17-11-10-16(21-3)12-18(17)19/h6-13,20H,4-5H2,1-3H3. The minimum absolute atomic E-state index is 0.104. The number of hydrogen-bond acceptors (Lipinski definition) is 2. The predicted molar refractivity (Wildman–Crippen MR) is 85.4 cm³/mol. The van der Waals surface area contributed by atoms with Gasteiger partial charge < -0.3 is 10.1 Å². The van der Waals surface area contributed by atoms with Crippen molar-refractivity contribution in [3.8, 4) is 5.75 Å². The van der Waals surface area contributed by atoms with E-state index in [9.17, 15) is 4.39 Å². The van der Waals surface area contributed by atoms with Crippen LogP contribution in [0.3, 0.4) is 0 Å². The van der Waals surface area contributed by atoms with E-state index in [-0.39, 0.29) is 11.9 Å². The molecule has 1 N–H and O–H groups in total. The molecule has 0 amide bonds. The highest BCUT2D eigenvalue weighted by Crippen LogP contribution is 2.25. The van der Waals surface area contributed by atoms with Crippen LogP contribution in [-0.4, -0.2) is 7.11 Å². The molecule has 0 aliphatic heterocycles. The molecule has 2 aromatic carbocycles. The van der Waals surface area contributed by atoms with Crippen LogP contribution in [-0.2, 0) is 6.42 Å². The fourth-order valence-electron chi connectivity index (χ4n) is 2.37. The van der Waals surface area contributed by atoms with Gasteiger partial charge in [0, 0.05) is 17.3 Å². The topological polar surface area (TPSA) is 21.3 Å². The van der Waals surface area contributed by atoms with E-state index in [1.165, 1.54) is 18.7 Å². The molecule has 0 saturated carbocycles. The predicted octanol–water partition coefficient (Wildman–Crippen LogP) is 4.96. The Bertz CT molecular complexity index is 580. The van der Waals surface area contributed by atoms with Crippen LogP contribution >= 0.6 is 0 Å². The molecule has 0 fully saturated rings. The second-order valence-corrected chi connectivity index (χ2v) is 5.20. The summed E-state index contributed by atoms with van der Waals surface area (Å²) in [6, 6.07) is 13.2. The third kappa shape index (κ3) is 3.97. The molecule has 0 aromatic heterocycles. The number of methoxy groups -OCH3 is 1. The van der Waals surface area contributed by atoms with Crippen LogP contribution in [0.25, 0.3) is 0 Å². The summed E-state index contributed by atoms with van der Waals surface area (Å²) in [5.41, 5.74) is 2.96. The molecule has 2 nitrogen and oxygen atoms in total. The molecule has 3 heteroatoms. The first kappa shape index (κ1) is 15.4. The number of halogens is 1. The highest BCUT2D eigenvalue weighted by Gasteiger charge is 2.11. The molecule has 0 heterocycles. The zero-order valence-electron chi connectivity index (χ0n) is 12.8. The van der Waals surface area contributed by atoms with Crippen molar-refractivity contribution in [2.24, 2.45) is 0 Å². The van der Waals surface area contributed by atoms with Gasteiger partial charge in [-0.25, -0.2) is 4.39 Å². The number of aryl methyl sites for hydroxylation is 1. The van der Waals surface area contributed by atoms with Gasteiger partial charge in [0.25, 0.3) is 0 Å². The van der Waals surface area contributed by atoms with Crippen LogP contribution in [0, 0.1) is 5.82 Å². The molecule has 0 radical (unpaired) electrons. The van der Waals surface area contributed by atoms with Gasteiger partial charge in [-0.1, -0.05) is 31.5 Å². The summed E-state index contributed by atoms with van der Waals surface area (Å²) >= 11 is 0. The number of ether oxygens (including phenoxy) is 1. The molecule has 0 bridgehead atoms. The number of benzene rings is 2. The fraction of sp³-hybridized carbons (Fsp3) is 0.333. The van der Waals surface area contributed by atoms with Gasteiger partial charge in [0.2, 0.25) is 0 Å². The van der Waals surface area contributed by atoms with Crippen LogP contribution < -0.4 is 10.1 Å². The van der Waals surface area contributed by atoms with Gasteiger partial charge >= 0.3 is 0 Å². The molecule has 0 aliphatic rings. The van der Waals surface area contributed by atoms with Crippen LogP contribution in [0.15, 0.2) is 42.5 Å². The molecule has 0 aliphatic carbocycles. The molecule has 0 spiro atoms. The quantitative estimate of drug-likeness (QED) is 0.810. The lowest BCUT2D eigenvalue weighted by Crippen LogP contribution is -2.08. The summed E-state index contributed by atoms with van der Waals surface area (Å²) in [6.07, 6.45) is 2.23. The van der Waals surface area contributed by atoms with Gasteiger partial charge in [-0.2, -0.15) is 0 Å². The van der Waals surface area contributed by atoms with Gasteiger partial charge in [0.15, 0.2) is 0 Å². The average Bonchev–Trinajstić information content (AvgIpc) is 2.49. The maximum atomic E-state index is 14.0. The molecule has 21 heavy (non-hydrogen) atoms. The average molecular weight is 287 g/mol. The Morgan fingerprint density at radius 1 is 1.14 bits per heavy atom.